The molecule has 3 aliphatic rings. The van der Waals surface area contributed by atoms with Crippen LogP contribution < -0.4 is 5.32 Å². The van der Waals surface area contributed by atoms with Crippen LogP contribution in [-0.4, -0.2) is 63.6 Å². The number of aliphatic carboxylic acids is 1. The molecule has 9 heteroatoms. The van der Waals surface area contributed by atoms with Crippen molar-refractivity contribution in [2.45, 2.75) is 37.3 Å². The fourth-order valence-corrected chi connectivity index (χ4v) is 4.60. The van der Waals surface area contributed by atoms with E-state index in [4.69, 9.17) is 4.74 Å². The van der Waals surface area contributed by atoms with Crippen molar-refractivity contribution in [1.82, 2.24) is 10.2 Å². The van der Waals surface area contributed by atoms with E-state index in [1.807, 2.05) is 0 Å². The van der Waals surface area contributed by atoms with Crippen molar-refractivity contribution in [3.8, 4) is 0 Å². The molecule has 0 aromatic heterocycles. The number of hydrogen-bond acceptors (Lipinski definition) is 7. The van der Waals surface area contributed by atoms with Crippen LogP contribution in [0.15, 0.2) is 10.6 Å². The molecule has 0 aliphatic carbocycles. The van der Waals surface area contributed by atoms with E-state index in [0.29, 0.717) is 11.3 Å². The highest BCUT2D eigenvalue weighted by atomic mass is 32.2. The van der Waals surface area contributed by atoms with E-state index in [0.717, 1.165) is 13.0 Å². The lowest BCUT2D eigenvalue weighted by Crippen LogP contribution is -2.60. The topological polar surface area (TPSA) is 116 Å². The molecule has 2 fully saturated rings. The van der Waals surface area contributed by atoms with Gasteiger partial charge in [-0.3, -0.25) is 14.5 Å². The zero-order chi connectivity index (χ0) is 16.7. The summed E-state index contributed by atoms with van der Waals surface area (Å²) in [5, 5.41) is 21.6. The van der Waals surface area contributed by atoms with Crippen LogP contribution >= 0.6 is 11.8 Å². The van der Waals surface area contributed by atoms with Crippen molar-refractivity contribution < 1.29 is 29.3 Å². The number of esters is 1. The van der Waals surface area contributed by atoms with Gasteiger partial charge in [-0.25, -0.2) is 4.79 Å². The maximum Gasteiger partial charge on any atom is 0.353 e. The number of nitrogens with one attached hydrogen (secondary N) is 1. The molecule has 0 spiro atoms. The third-order valence-electron chi connectivity index (χ3n) is 4.26. The largest absolute Gasteiger partial charge is 0.477 e. The lowest BCUT2D eigenvalue weighted by molar-refractivity contribution is -0.156. The summed E-state index contributed by atoms with van der Waals surface area (Å²) in [6.07, 6.45) is 0.752. The number of carbonyl (C=O) groups excluding carboxylic acids is 2. The smallest absolute Gasteiger partial charge is 0.353 e. The number of fused-ring (bicyclic) bond motifs is 1. The van der Waals surface area contributed by atoms with Crippen LogP contribution in [0.1, 0.15) is 19.8 Å². The monoisotopic (exact) mass is 342 g/mol. The molecule has 0 aromatic carbocycles. The first kappa shape index (κ1) is 16.3. The Kier molecular flexibility index (Phi) is 4.35. The van der Waals surface area contributed by atoms with E-state index in [-0.39, 0.29) is 18.3 Å². The average Bonchev–Trinajstić information content (AvgIpc) is 3.10. The van der Waals surface area contributed by atoms with E-state index >= 15 is 0 Å². The van der Waals surface area contributed by atoms with Gasteiger partial charge in [0.1, 0.15) is 23.7 Å². The number of amides is 1. The highest BCUT2D eigenvalue weighted by Crippen LogP contribution is 2.50. The normalized spacial score (nSPS) is 31.0. The first-order valence-electron chi connectivity index (χ1n) is 7.46. The maximum atomic E-state index is 12.0. The summed E-state index contributed by atoms with van der Waals surface area (Å²) < 4.78 is 5.20. The average molecular weight is 342 g/mol. The van der Waals surface area contributed by atoms with Gasteiger partial charge in [0.05, 0.1) is 16.9 Å². The Hall–Kier alpha value is -1.58. The predicted molar refractivity (Wildman–Crippen MR) is 80.0 cm³/mol. The summed E-state index contributed by atoms with van der Waals surface area (Å²) in [6, 6.07) is -0.348. The Labute approximate surface area is 136 Å². The standard InChI is InChI=1S/C14H18N2O6S/c1-6(17)9-11(18)16-10(13(19)20)8(23-12(9)16)5-22-14(21)7-3-2-4-15-7/h6-7,9,12,15,17H,2-5H2,1H3,(H,19,20)/t6-,7+,9+,12-/m1/s1. The molecule has 1 amide bonds. The number of aliphatic hydroxyl groups excluding tert-OH is 1. The number of carboxylic acids is 1. The first-order valence-corrected chi connectivity index (χ1v) is 8.34. The summed E-state index contributed by atoms with van der Waals surface area (Å²) in [6.45, 7) is 2.10. The van der Waals surface area contributed by atoms with E-state index < -0.39 is 35.2 Å². The fraction of sp³-hybridized carbons (Fsp3) is 0.643. The van der Waals surface area contributed by atoms with Crippen LogP contribution in [0.4, 0.5) is 0 Å². The SMILES string of the molecule is C[C@@H](O)[C@H]1C(=O)N2C(C(=O)O)=C(COC(=O)[C@@H]3CCCN3)S[C@H]12. The summed E-state index contributed by atoms with van der Waals surface area (Å²) in [5.74, 6) is -2.68. The zero-order valence-electron chi connectivity index (χ0n) is 12.5. The van der Waals surface area contributed by atoms with Crippen LogP contribution in [0, 0.1) is 5.92 Å². The van der Waals surface area contributed by atoms with Gasteiger partial charge in [-0.2, -0.15) is 0 Å². The first-order chi connectivity index (χ1) is 10.9. The molecular formula is C14H18N2O6S. The molecule has 0 saturated carbocycles. The minimum absolute atomic E-state index is 0.144. The lowest BCUT2D eigenvalue weighted by atomic mass is 9.92. The molecule has 3 aliphatic heterocycles. The Morgan fingerprint density at radius 1 is 1.52 bits per heavy atom. The number of nitrogens with zero attached hydrogens (tertiary/aromatic N) is 1. The molecule has 23 heavy (non-hydrogen) atoms. The minimum Gasteiger partial charge on any atom is -0.477 e. The fourth-order valence-electron chi connectivity index (χ4n) is 3.08. The molecule has 0 bridgehead atoms. The number of thioether (sulfide) groups is 1. The molecule has 8 nitrogen and oxygen atoms in total. The Morgan fingerprint density at radius 3 is 2.83 bits per heavy atom. The van der Waals surface area contributed by atoms with Gasteiger partial charge in [-0.15, -0.1) is 0 Å². The van der Waals surface area contributed by atoms with Gasteiger partial charge in [0.15, 0.2) is 0 Å². The van der Waals surface area contributed by atoms with E-state index in [1.165, 1.54) is 23.6 Å². The molecular weight excluding hydrogens is 324 g/mol. The molecule has 0 radical (unpaired) electrons. The van der Waals surface area contributed by atoms with E-state index in [9.17, 15) is 24.6 Å². The van der Waals surface area contributed by atoms with Crippen molar-refractivity contribution in [3.63, 3.8) is 0 Å². The molecule has 3 heterocycles. The maximum absolute atomic E-state index is 12.0. The van der Waals surface area contributed by atoms with Gasteiger partial charge in [0, 0.05) is 0 Å². The second-order valence-electron chi connectivity index (χ2n) is 5.82. The van der Waals surface area contributed by atoms with E-state index in [2.05, 4.69) is 5.32 Å². The third-order valence-corrected chi connectivity index (χ3v) is 5.61. The Bertz CT molecular complexity index is 584. The van der Waals surface area contributed by atoms with Gasteiger partial charge in [-0.05, 0) is 26.3 Å². The van der Waals surface area contributed by atoms with Crippen LogP contribution in [0.5, 0.6) is 0 Å². The van der Waals surface area contributed by atoms with Crippen LogP contribution in [0.2, 0.25) is 0 Å². The van der Waals surface area contributed by atoms with Crippen LogP contribution in [-0.2, 0) is 19.1 Å². The highest BCUT2D eigenvalue weighted by Gasteiger charge is 2.57. The van der Waals surface area contributed by atoms with Crippen LogP contribution in [0.3, 0.4) is 0 Å². The third kappa shape index (κ3) is 2.73. The summed E-state index contributed by atoms with van der Waals surface area (Å²) >= 11 is 1.17. The van der Waals surface area contributed by atoms with Crippen LogP contribution in [0.25, 0.3) is 0 Å². The van der Waals surface area contributed by atoms with Gasteiger partial charge in [0.25, 0.3) is 0 Å². The number of carbonyl (C=O) groups is 3. The summed E-state index contributed by atoms with van der Waals surface area (Å²) in [4.78, 5) is 36.9. The molecule has 2 saturated heterocycles. The zero-order valence-corrected chi connectivity index (χ0v) is 13.3. The minimum atomic E-state index is -1.23. The van der Waals surface area contributed by atoms with Gasteiger partial charge >= 0.3 is 11.9 Å². The quantitative estimate of drug-likeness (QED) is 0.452. The molecule has 126 valence electrons. The van der Waals surface area contributed by atoms with Gasteiger partial charge < -0.3 is 20.3 Å². The molecule has 0 unspecified atom stereocenters. The molecule has 0 aromatic rings. The number of β-lactam (4-membered cyclic amide) rings is 1. The van der Waals surface area contributed by atoms with E-state index in [1.54, 1.807) is 0 Å². The lowest BCUT2D eigenvalue weighted by Gasteiger charge is -2.43. The van der Waals surface area contributed by atoms with Crippen molar-refractivity contribution in [1.29, 1.82) is 0 Å². The van der Waals surface area contributed by atoms with Gasteiger partial charge in [0.2, 0.25) is 5.91 Å². The Balaban J connectivity index is 1.69. The molecule has 3 rings (SSSR count). The number of carboxylic acid groups (broad SMARTS) is 1. The number of aliphatic hydroxyl groups is 1. The number of ether oxygens (including phenoxy) is 1. The second-order valence-corrected chi connectivity index (χ2v) is 7.03. The Morgan fingerprint density at radius 2 is 2.26 bits per heavy atom. The van der Waals surface area contributed by atoms with Crippen molar-refractivity contribution in [3.05, 3.63) is 10.6 Å². The molecule has 4 atom stereocenters. The van der Waals surface area contributed by atoms with Crippen molar-refractivity contribution in [2.24, 2.45) is 5.92 Å². The van der Waals surface area contributed by atoms with Crippen molar-refractivity contribution >= 4 is 29.6 Å². The number of hydrogen-bond donors (Lipinski definition) is 3. The second kappa shape index (κ2) is 6.14. The highest BCUT2D eigenvalue weighted by molar-refractivity contribution is 8.04. The molecule has 3 N–H and O–H groups in total. The summed E-state index contributed by atoms with van der Waals surface area (Å²) in [7, 11) is 0. The van der Waals surface area contributed by atoms with Crippen molar-refractivity contribution in [2.75, 3.05) is 13.2 Å². The van der Waals surface area contributed by atoms with Gasteiger partial charge in [-0.1, -0.05) is 11.8 Å². The summed E-state index contributed by atoms with van der Waals surface area (Å²) in [5.41, 5.74) is -0.144. The number of rotatable bonds is 5. The predicted octanol–water partition coefficient (Wildman–Crippen LogP) is -0.510.